The van der Waals surface area contributed by atoms with E-state index in [0.717, 1.165) is 70.5 Å². The summed E-state index contributed by atoms with van der Waals surface area (Å²) < 4.78 is 10.8. The maximum Gasteiger partial charge on any atom is 0.191 e. The molecule has 7 nitrogen and oxygen atoms in total. The number of nitrogens with zero attached hydrogens (tertiary/aromatic N) is 3. The Morgan fingerprint density at radius 2 is 1.77 bits per heavy atom. The van der Waals surface area contributed by atoms with Gasteiger partial charge in [-0.2, -0.15) is 0 Å². The van der Waals surface area contributed by atoms with Gasteiger partial charge in [0.2, 0.25) is 0 Å². The van der Waals surface area contributed by atoms with E-state index in [-0.39, 0.29) is 0 Å². The molecule has 0 aliphatic carbocycles. The second kappa shape index (κ2) is 13.1. The van der Waals surface area contributed by atoms with Crippen molar-refractivity contribution >= 4 is 5.96 Å². The van der Waals surface area contributed by atoms with E-state index in [1.807, 2.05) is 19.2 Å². The first-order chi connectivity index (χ1) is 14.8. The van der Waals surface area contributed by atoms with Crippen molar-refractivity contribution in [2.24, 2.45) is 4.99 Å². The van der Waals surface area contributed by atoms with Gasteiger partial charge in [0.05, 0.1) is 6.26 Å². The van der Waals surface area contributed by atoms with E-state index in [2.05, 4.69) is 55.8 Å². The van der Waals surface area contributed by atoms with E-state index in [1.54, 1.807) is 6.26 Å². The van der Waals surface area contributed by atoms with Crippen LogP contribution in [-0.2, 0) is 17.9 Å². The number of hydrogen-bond donors (Lipinski definition) is 2. The lowest BCUT2D eigenvalue weighted by Crippen LogP contribution is -2.49. The average Bonchev–Trinajstić information content (AvgIpc) is 3.30. The van der Waals surface area contributed by atoms with Crippen LogP contribution >= 0.6 is 0 Å². The van der Waals surface area contributed by atoms with E-state index in [0.29, 0.717) is 13.2 Å². The molecule has 1 fully saturated rings. The molecule has 1 saturated heterocycles. The highest BCUT2D eigenvalue weighted by molar-refractivity contribution is 5.79. The maximum absolute atomic E-state index is 5.60. The van der Waals surface area contributed by atoms with E-state index in [1.165, 1.54) is 5.56 Å². The second-order valence-corrected chi connectivity index (χ2v) is 7.51. The van der Waals surface area contributed by atoms with Crippen LogP contribution in [0.4, 0.5) is 0 Å². The molecule has 0 atom stereocenters. The van der Waals surface area contributed by atoms with Crippen molar-refractivity contribution in [3.63, 3.8) is 0 Å². The molecule has 0 amide bonds. The number of nitrogens with one attached hydrogen (secondary N) is 2. The molecule has 1 aromatic carbocycles. The summed E-state index contributed by atoms with van der Waals surface area (Å²) in [6, 6.07) is 14.5. The van der Waals surface area contributed by atoms with E-state index < -0.39 is 0 Å². The first kappa shape index (κ1) is 22.3. The summed E-state index contributed by atoms with van der Waals surface area (Å²) >= 11 is 0. The first-order valence-electron chi connectivity index (χ1n) is 10.9. The van der Waals surface area contributed by atoms with Crippen molar-refractivity contribution in [2.75, 3.05) is 59.5 Å². The molecule has 1 aliphatic heterocycles. The van der Waals surface area contributed by atoms with E-state index in [9.17, 15) is 0 Å². The summed E-state index contributed by atoms with van der Waals surface area (Å²) in [5.41, 5.74) is 1.40. The van der Waals surface area contributed by atoms with Crippen LogP contribution in [0.2, 0.25) is 0 Å². The molecule has 2 aromatic rings. The summed E-state index contributed by atoms with van der Waals surface area (Å²) in [4.78, 5) is 9.35. The van der Waals surface area contributed by atoms with Crippen LogP contribution in [0.1, 0.15) is 17.7 Å². The monoisotopic (exact) mass is 413 g/mol. The molecular formula is C23H35N5O2. The van der Waals surface area contributed by atoms with Crippen molar-refractivity contribution < 1.29 is 9.15 Å². The maximum atomic E-state index is 5.60. The molecule has 164 valence electrons. The fraction of sp³-hybridized carbons (Fsp3) is 0.522. The van der Waals surface area contributed by atoms with E-state index >= 15 is 0 Å². The first-order valence-corrected chi connectivity index (χ1v) is 10.9. The van der Waals surface area contributed by atoms with Gasteiger partial charge >= 0.3 is 0 Å². The minimum Gasteiger partial charge on any atom is -0.467 e. The number of piperazine rings is 1. The smallest absolute Gasteiger partial charge is 0.191 e. The predicted molar refractivity (Wildman–Crippen MR) is 121 cm³/mol. The molecule has 7 heteroatoms. The molecule has 0 bridgehead atoms. The zero-order valence-corrected chi connectivity index (χ0v) is 18.1. The largest absolute Gasteiger partial charge is 0.467 e. The highest BCUT2D eigenvalue weighted by Crippen LogP contribution is 2.08. The lowest BCUT2D eigenvalue weighted by Gasteiger charge is -2.34. The zero-order valence-electron chi connectivity index (χ0n) is 18.1. The number of guanidine groups is 1. The number of aliphatic imine (C=N–C) groups is 1. The number of rotatable bonds is 11. The third-order valence-electron chi connectivity index (χ3n) is 5.24. The second-order valence-electron chi connectivity index (χ2n) is 7.51. The third-order valence-corrected chi connectivity index (χ3v) is 5.24. The number of benzene rings is 1. The summed E-state index contributed by atoms with van der Waals surface area (Å²) in [7, 11) is 1.81. The van der Waals surface area contributed by atoms with Crippen LogP contribution in [0.5, 0.6) is 0 Å². The lowest BCUT2D eigenvalue weighted by molar-refractivity contribution is 0.105. The van der Waals surface area contributed by atoms with Gasteiger partial charge in [-0.15, -0.1) is 0 Å². The molecule has 1 aliphatic rings. The minimum atomic E-state index is 0.526. The molecule has 3 rings (SSSR count). The standard InChI is InChI=1S/C23H35N5O2/c1-24-23(25-10-6-17-29-20-22-9-5-18-30-22)26-11-12-27-13-15-28(16-14-27)19-21-7-3-2-4-8-21/h2-5,7-9,18H,6,10-17,19-20H2,1H3,(H2,24,25,26). The summed E-state index contributed by atoms with van der Waals surface area (Å²) in [5.74, 6) is 1.71. The Labute approximate surface area is 180 Å². The summed E-state index contributed by atoms with van der Waals surface area (Å²) in [5, 5.41) is 6.75. The molecule has 2 heterocycles. The molecular weight excluding hydrogens is 378 g/mol. The number of hydrogen-bond acceptors (Lipinski definition) is 5. The molecule has 0 radical (unpaired) electrons. The Hall–Kier alpha value is -2.35. The molecule has 0 unspecified atom stereocenters. The predicted octanol–water partition coefficient (Wildman–Crippen LogP) is 2.17. The fourth-order valence-corrected chi connectivity index (χ4v) is 3.51. The van der Waals surface area contributed by atoms with Gasteiger partial charge in [0.25, 0.3) is 0 Å². The zero-order chi connectivity index (χ0) is 20.9. The Balaban J connectivity index is 1.20. The van der Waals surface area contributed by atoms with Crippen LogP contribution in [0.15, 0.2) is 58.1 Å². The number of furan rings is 1. The summed E-state index contributed by atoms with van der Waals surface area (Å²) in [6.07, 6.45) is 2.59. The van der Waals surface area contributed by atoms with Gasteiger partial charge in [0.1, 0.15) is 12.4 Å². The normalized spacial score (nSPS) is 16.0. The quantitative estimate of drug-likeness (QED) is 0.334. The third kappa shape index (κ3) is 8.18. The minimum absolute atomic E-state index is 0.526. The van der Waals surface area contributed by atoms with Crippen molar-refractivity contribution in [2.45, 2.75) is 19.6 Å². The van der Waals surface area contributed by atoms with Gasteiger partial charge in [0, 0.05) is 66.0 Å². The van der Waals surface area contributed by atoms with Gasteiger partial charge in [-0.3, -0.25) is 14.8 Å². The van der Waals surface area contributed by atoms with Crippen molar-refractivity contribution in [3.8, 4) is 0 Å². The lowest BCUT2D eigenvalue weighted by atomic mass is 10.2. The topological polar surface area (TPSA) is 65.3 Å². The van der Waals surface area contributed by atoms with Crippen LogP contribution in [0.3, 0.4) is 0 Å². The average molecular weight is 414 g/mol. The van der Waals surface area contributed by atoms with Crippen LogP contribution in [0, 0.1) is 0 Å². The number of ether oxygens (including phenoxy) is 1. The fourth-order valence-electron chi connectivity index (χ4n) is 3.51. The van der Waals surface area contributed by atoms with E-state index in [4.69, 9.17) is 9.15 Å². The highest BCUT2D eigenvalue weighted by Gasteiger charge is 2.16. The van der Waals surface area contributed by atoms with Gasteiger partial charge in [0.15, 0.2) is 5.96 Å². The van der Waals surface area contributed by atoms with Crippen molar-refractivity contribution in [1.29, 1.82) is 0 Å². The van der Waals surface area contributed by atoms with Crippen LogP contribution in [-0.4, -0.2) is 75.2 Å². The van der Waals surface area contributed by atoms with Crippen LogP contribution in [0.25, 0.3) is 0 Å². The Bertz CT molecular complexity index is 712. The van der Waals surface area contributed by atoms with Gasteiger partial charge in [-0.1, -0.05) is 30.3 Å². The molecule has 1 aromatic heterocycles. The molecule has 30 heavy (non-hydrogen) atoms. The Morgan fingerprint density at radius 3 is 2.50 bits per heavy atom. The Morgan fingerprint density at radius 1 is 1.00 bits per heavy atom. The molecule has 2 N–H and O–H groups in total. The van der Waals surface area contributed by atoms with Crippen molar-refractivity contribution in [1.82, 2.24) is 20.4 Å². The van der Waals surface area contributed by atoms with Gasteiger partial charge in [-0.25, -0.2) is 0 Å². The highest BCUT2D eigenvalue weighted by atomic mass is 16.5. The SMILES string of the molecule is CN=C(NCCCOCc1ccco1)NCCN1CCN(Cc2ccccc2)CC1. The Kier molecular flexibility index (Phi) is 9.72. The van der Waals surface area contributed by atoms with Crippen LogP contribution < -0.4 is 10.6 Å². The van der Waals surface area contributed by atoms with Gasteiger partial charge in [-0.05, 0) is 24.1 Å². The summed E-state index contributed by atoms with van der Waals surface area (Å²) in [6.45, 7) is 9.52. The molecule has 0 saturated carbocycles. The van der Waals surface area contributed by atoms with Gasteiger partial charge < -0.3 is 19.8 Å². The van der Waals surface area contributed by atoms with Crippen molar-refractivity contribution in [3.05, 3.63) is 60.1 Å². The molecule has 0 spiro atoms.